The Hall–Kier alpha value is -2.68. The van der Waals surface area contributed by atoms with Crippen LogP contribution in [0.1, 0.15) is 29.1 Å². The van der Waals surface area contributed by atoms with Crippen molar-refractivity contribution in [1.82, 2.24) is 4.98 Å². The van der Waals surface area contributed by atoms with Gasteiger partial charge in [-0.3, -0.25) is 0 Å². The monoisotopic (exact) mass is 277 g/mol. The molecule has 3 nitrogen and oxygen atoms in total. The molecule has 0 spiro atoms. The highest BCUT2D eigenvalue weighted by atomic mass is 16.5. The standard InChI is InChI=1S/C18H15NO2/c1-13(14-7-3-2-4-8-14)21-18(20)17-12-11-15-9-5-6-10-16(15)19-17/h2-13H,1H3/t13-/m1/s1. The number of benzene rings is 2. The number of aromatic nitrogens is 1. The molecule has 1 aromatic heterocycles. The fourth-order valence-electron chi connectivity index (χ4n) is 2.19. The average Bonchev–Trinajstić information content (AvgIpc) is 2.55. The van der Waals surface area contributed by atoms with E-state index in [2.05, 4.69) is 4.98 Å². The fourth-order valence-corrected chi connectivity index (χ4v) is 2.19. The third kappa shape index (κ3) is 2.92. The molecule has 3 heteroatoms. The van der Waals surface area contributed by atoms with Crippen molar-refractivity contribution in [3.8, 4) is 0 Å². The zero-order valence-corrected chi connectivity index (χ0v) is 11.7. The van der Waals surface area contributed by atoms with Crippen LogP contribution < -0.4 is 0 Å². The van der Waals surface area contributed by atoms with E-state index in [-0.39, 0.29) is 6.10 Å². The molecule has 0 bridgehead atoms. The molecule has 0 saturated carbocycles. The molecule has 1 heterocycles. The van der Waals surface area contributed by atoms with E-state index in [1.54, 1.807) is 6.07 Å². The Morgan fingerprint density at radius 1 is 0.952 bits per heavy atom. The minimum absolute atomic E-state index is 0.299. The van der Waals surface area contributed by atoms with E-state index in [0.717, 1.165) is 16.5 Å². The highest BCUT2D eigenvalue weighted by Crippen LogP contribution is 2.19. The summed E-state index contributed by atoms with van der Waals surface area (Å²) in [4.78, 5) is 16.5. The van der Waals surface area contributed by atoms with Crippen molar-refractivity contribution in [3.05, 3.63) is 78.0 Å². The molecule has 0 radical (unpaired) electrons. The Morgan fingerprint density at radius 2 is 1.67 bits per heavy atom. The van der Waals surface area contributed by atoms with Gasteiger partial charge in [-0.25, -0.2) is 9.78 Å². The predicted octanol–water partition coefficient (Wildman–Crippen LogP) is 4.15. The second-order valence-electron chi connectivity index (χ2n) is 4.85. The van der Waals surface area contributed by atoms with Gasteiger partial charge in [-0.2, -0.15) is 0 Å². The van der Waals surface area contributed by atoms with E-state index < -0.39 is 5.97 Å². The van der Waals surface area contributed by atoms with Crippen LogP contribution in [0, 0.1) is 0 Å². The number of esters is 1. The van der Waals surface area contributed by atoms with E-state index in [4.69, 9.17) is 4.74 Å². The normalized spacial score (nSPS) is 12.0. The first-order valence-corrected chi connectivity index (χ1v) is 6.86. The van der Waals surface area contributed by atoms with Gasteiger partial charge in [0.2, 0.25) is 0 Å². The van der Waals surface area contributed by atoms with Gasteiger partial charge in [-0.15, -0.1) is 0 Å². The van der Waals surface area contributed by atoms with Crippen LogP contribution in [-0.2, 0) is 4.74 Å². The molecule has 21 heavy (non-hydrogen) atoms. The first-order chi connectivity index (χ1) is 10.2. The molecule has 0 aliphatic heterocycles. The van der Waals surface area contributed by atoms with Crippen LogP contribution in [-0.4, -0.2) is 11.0 Å². The maximum Gasteiger partial charge on any atom is 0.357 e. The van der Waals surface area contributed by atoms with Crippen molar-refractivity contribution in [2.75, 3.05) is 0 Å². The van der Waals surface area contributed by atoms with Gasteiger partial charge in [0.1, 0.15) is 11.8 Å². The lowest BCUT2D eigenvalue weighted by atomic mass is 10.1. The average molecular weight is 277 g/mol. The topological polar surface area (TPSA) is 39.2 Å². The van der Waals surface area contributed by atoms with Gasteiger partial charge in [0.05, 0.1) is 5.52 Å². The van der Waals surface area contributed by atoms with Crippen molar-refractivity contribution < 1.29 is 9.53 Å². The van der Waals surface area contributed by atoms with E-state index >= 15 is 0 Å². The lowest BCUT2D eigenvalue weighted by molar-refractivity contribution is 0.0331. The number of carbonyl (C=O) groups is 1. The van der Waals surface area contributed by atoms with E-state index in [1.165, 1.54) is 0 Å². The predicted molar refractivity (Wildman–Crippen MR) is 82.0 cm³/mol. The van der Waals surface area contributed by atoms with Crippen molar-refractivity contribution in [3.63, 3.8) is 0 Å². The lowest BCUT2D eigenvalue weighted by Gasteiger charge is -2.13. The van der Waals surface area contributed by atoms with Crippen molar-refractivity contribution in [2.45, 2.75) is 13.0 Å². The van der Waals surface area contributed by atoms with E-state index in [1.807, 2.05) is 67.6 Å². The zero-order valence-electron chi connectivity index (χ0n) is 11.7. The number of fused-ring (bicyclic) bond motifs is 1. The van der Waals surface area contributed by atoms with Crippen molar-refractivity contribution in [2.24, 2.45) is 0 Å². The quantitative estimate of drug-likeness (QED) is 0.675. The Balaban J connectivity index is 1.80. The maximum absolute atomic E-state index is 12.2. The lowest BCUT2D eigenvalue weighted by Crippen LogP contribution is -2.10. The van der Waals surface area contributed by atoms with Gasteiger partial charge in [0.25, 0.3) is 0 Å². The van der Waals surface area contributed by atoms with Crippen LogP contribution in [0.4, 0.5) is 0 Å². The number of rotatable bonds is 3. The van der Waals surface area contributed by atoms with Gasteiger partial charge in [0, 0.05) is 5.39 Å². The highest BCUT2D eigenvalue weighted by molar-refractivity contribution is 5.91. The summed E-state index contributed by atoms with van der Waals surface area (Å²) in [5.41, 5.74) is 2.09. The third-order valence-corrected chi connectivity index (χ3v) is 3.36. The van der Waals surface area contributed by atoms with Gasteiger partial charge in [-0.1, -0.05) is 54.6 Å². The zero-order chi connectivity index (χ0) is 14.7. The minimum atomic E-state index is -0.405. The van der Waals surface area contributed by atoms with Crippen LogP contribution in [0.25, 0.3) is 10.9 Å². The molecule has 1 atom stereocenters. The molecular formula is C18H15NO2. The number of para-hydroxylation sites is 1. The number of hydrogen-bond acceptors (Lipinski definition) is 3. The Kier molecular flexibility index (Phi) is 3.65. The molecule has 0 saturated heterocycles. The number of carbonyl (C=O) groups excluding carboxylic acids is 1. The van der Waals surface area contributed by atoms with Crippen LogP contribution in [0.15, 0.2) is 66.7 Å². The summed E-state index contributed by atoms with van der Waals surface area (Å²) in [6, 6.07) is 20.9. The van der Waals surface area contributed by atoms with Gasteiger partial charge >= 0.3 is 5.97 Å². The summed E-state index contributed by atoms with van der Waals surface area (Å²) in [5, 5.41) is 1.00. The van der Waals surface area contributed by atoms with Crippen LogP contribution in [0.5, 0.6) is 0 Å². The van der Waals surface area contributed by atoms with E-state index in [9.17, 15) is 4.79 Å². The number of pyridine rings is 1. The molecule has 3 aromatic rings. The Morgan fingerprint density at radius 3 is 2.48 bits per heavy atom. The van der Waals surface area contributed by atoms with Crippen LogP contribution in [0.2, 0.25) is 0 Å². The summed E-state index contributed by atoms with van der Waals surface area (Å²) in [6.45, 7) is 1.86. The SMILES string of the molecule is C[C@@H](OC(=O)c1ccc2ccccc2n1)c1ccccc1. The first kappa shape index (κ1) is 13.3. The molecule has 0 unspecified atom stereocenters. The number of ether oxygens (including phenoxy) is 1. The van der Waals surface area contributed by atoms with Gasteiger partial charge in [-0.05, 0) is 24.6 Å². The fraction of sp³-hybridized carbons (Fsp3) is 0.111. The van der Waals surface area contributed by atoms with Gasteiger partial charge < -0.3 is 4.74 Å². The van der Waals surface area contributed by atoms with E-state index in [0.29, 0.717) is 5.69 Å². The Bertz CT molecular complexity index is 768. The molecule has 3 rings (SSSR count). The molecule has 2 aromatic carbocycles. The smallest absolute Gasteiger partial charge is 0.357 e. The second kappa shape index (κ2) is 5.75. The number of hydrogen-bond donors (Lipinski definition) is 0. The van der Waals surface area contributed by atoms with Crippen molar-refractivity contribution >= 4 is 16.9 Å². The molecular weight excluding hydrogens is 262 g/mol. The highest BCUT2D eigenvalue weighted by Gasteiger charge is 2.14. The molecule has 104 valence electrons. The molecule has 0 N–H and O–H groups in total. The summed E-state index contributed by atoms with van der Waals surface area (Å²) in [6.07, 6.45) is -0.299. The molecule has 0 aliphatic carbocycles. The largest absolute Gasteiger partial charge is 0.453 e. The second-order valence-corrected chi connectivity index (χ2v) is 4.85. The third-order valence-electron chi connectivity index (χ3n) is 3.36. The van der Waals surface area contributed by atoms with Crippen LogP contribution >= 0.6 is 0 Å². The maximum atomic E-state index is 12.2. The molecule has 0 aliphatic rings. The van der Waals surface area contributed by atoms with Crippen LogP contribution in [0.3, 0.4) is 0 Å². The first-order valence-electron chi connectivity index (χ1n) is 6.86. The van der Waals surface area contributed by atoms with Crippen molar-refractivity contribution in [1.29, 1.82) is 0 Å². The summed E-state index contributed by atoms with van der Waals surface area (Å²) >= 11 is 0. The van der Waals surface area contributed by atoms with Gasteiger partial charge in [0.15, 0.2) is 0 Å². The minimum Gasteiger partial charge on any atom is -0.453 e. The Labute approximate surface area is 123 Å². The summed E-state index contributed by atoms with van der Waals surface area (Å²) in [7, 11) is 0. The summed E-state index contributed by atoms with van der Waals surface area (Å²) < 4.78 is 5.47. The summed E-state index contributed by atoms with van der Waals surface area (Å²) in [5.74, 6) is -0.405. The molecule has 0 fully saturated rings. The molecule has 0 amide bonds. The number of nitrogens with zero attached hydrogens (tertiary/aromatic N) is 1.